The Morgan fingerprint density at radius 1 is 1.17 bits per heavy atom. The van der Waals surface area contributed by atoms with Crippen molar-refractivity contribution < 1.29 is 32.6 Å². The lowest BCUT2D eigenvalue weighted by molar-refractivity contribution is -0.144. The molecule has 1 aromatic rings. The van der Waals surface area contributed by atoms with Gasteiger partial charge in [-0.05, 0) is 42.4 Å². The lowest BCUT2D eigenvalue weighted by Crippen LogP contribution is -2.42. The predicted molar refractivity (Wildman–Crippen MR) is 101 cm³/mol. The third-order valence-electron chi connectivity index (χ3n) is 6.04. The topological polar surface area (TPSA) is 84.9 Å². The Kier molecular flexibility index (Phi) is 5.44. The van der Waals surface area contributed by atoms with Gasteiger partial charge in [-0.25, -0.2) is 0 Å². The average Bonchev–Trinajstić information content (AvgIpc) is 3.39. The quantitative estimate of drug-likeness (QED) is 0.512. The van der Waals surface area contributed by atoms with Crippen molar-refractivity contribution in [2.45, 2.75) is 19.5 Å². The SMILES string of the molecule is COc1cc(CCNC(=O)CN2C(=O)[C@@H]3[C@@H](C2=O)[C@H]2C=C[C@H]3C2)ccc1OC(F)F. The van der Waals surface area contributed by atoms with Crippen molar-refractivity contribution >= 4 is 17.7 Å². The van der Waals surface area contributed by atoms with Crippen LogP contribution in [-0.2, 0) is 20.8 Å². The first-order valence-electron chi connectivity index (χ1n) is 9.81. The molecule has 2 fully saturated rings. The van der Waals surface area contributed by atoms with Crippen molar-refractivity contribution in [3.8, 4) is 11.5 Å². The minimum Gasteiger partial charge on any atom is -0.493 e. The maximum Gasteiger partial charge on any atom is 0.387 e. The summed E-state index contributed by atoms with van der Waals surface area (Å²) in [5.41, 5.74) is 0.749. The molecule has 30 heavy (non-hydrogen) atoms. The van der Waals surface area contributed by atoms with Gasteiger partial charge < -0.3 is 14.8 Å². The molecule has 3 aliphatic rings. The first-order chi connectivity index (χ1) is 14.4. The van der Waals surface area contributed by atoms with Crippen LogP contribution in [0.1, 0.15) is 12.0 Å². The summed E-state index contributed by atoms with van der Waals surface area (Å²) in [5, 5.41) is 2.69. The van der Waals surface area contributed by atoms with Gasteiger partial charge in [-0.1, -0.05) is 18.2 Å². The number of benzene rings is 1. The van der Waals surface area contributed by atoms with Crippen LogP contribution in [0.2, 0.25) is 0 Å². The second kappa shape index (κ2) is 8.04. The number of rotatable bonds is 8. The number of amides is 3. The number of imide groups is 1. The van der Waals surface area contributed by atoms with Crippen molar-refractivity contribution in [3.63, 3.8) is 0 Å². The molecular weight excluding hydrogens is 398 g/mol. The molecule has 0 spiro atoms. The summed E-state index contributed by atoms with van der Waals surface area (Å²) in [5.74, 6) is -1.24. The van der Waals surface area contributed by atoms with Crippen molar-refractivity contribution in [1.82, 2.24) is 10.2 Å². The highest BCUT2D eigenvalue weighted by molar-refractivity contribution is 6.08. The van der Waals surface area contributed by atoms with Crippen LogP contribution in [0, 0.1) is 23.7 Å². The minimum atomic E-state index is -2.95. The van der Waals surface area contributed by atoms with E-state index in [1.165, 1.54) is 13.2 Å². The molecule has 0 unspecified atom stereocenters. The number of nitrogens with one attached hydrogen (secondary N) is 1. The molecule has 1 aromatic carbocycles. The zero-order chi connectivity index (χ0) is 21.4. The Bertz CT molecular complexity index is 873. The highest BCUT2D eigenvalue weighted by Gasteiger charge is 2.59. The molecule has 2 aliphatic carbocycles. The number of likely N-dealkylation sites (tertiary alicyclic amines) is 1. The minimum absolute atomic E-state index is 0.0691. The molecule has 2 bridgehead atoms. The van der Waals surface area contributed by atoms with Crippen LogP contribution in [0.25, 0.3) is 0 Å². The van der Waals surface area contributed by atoms with Gasteiger partial charge >= 0.3 is 6.61 Å². The Morgan fingerprint density at radius 3 is 2.43 bits per heavy atom. The first kappa shape index (κ1) is 20.3. The number of alkyl halides is 2. The number of halogens is 2. The largest absolute Gasteiger partial charge is 0.493 e. The summed E-state index contributed by atoms with van der Waals surface area (Å²) >= 11 is 0. The first-order valence-corrected chi connectivity index (χ1v) is 9.81. The van der Waals surface area contributed by atoms with Gasteiger partial charge in [0.15, 0.2) is 11.5 Å². The number of hydrogen-bond acceptors (Lipinski definition) is 5. The van der Waals surface area contributed by atoms with Crippen LogP contribution in [-0.4, -0.2) is 49.4 Å². The van der Waals surface area contributed by atoms with Crippen LogP contribution in [0.5, 0.6) is 11.5 Å². The lowest BCUT2D eigenvalue weighted by Gasteiger charge is -2.17. The predicted octanol–water partition coefficient (Wildman–Crippen LogP) is 1.76. The summed E-state index contributed by atoms with van der Waals surface area (Å²) in [7, 11) is 1.35. The standard InChI is InChI=1S/C21H22F2N2O5/c1-29-15-8-11(2-5-14(15)30-21(22)23)6-7-24-16(26)10-25-19(27)17-12-3-4-13(9-12)18(17)20(25)28/h2-5,8,12-13,17-18,21H,6-7,9-10H2,1H3,(H,24,26)/t12-,13-,17-,18-/m0/s1. The molecule has 3 amide bonds. The number of methoxy groups -OCH3 is 1. The molecule has 160 valence electrons. The van der Waals surface area contributed by atoms with Gasteiger partial charge in [0.2, 0.25) is 17.7 Å². The van der Waals surface area contributed by atoms with E-state index >= 15 is 0 Å². The van der Waals surface area contributed by atoms with Gasteiger partial charge in [-0.3, -0.25) is 19.3 Å². The average molecular weight is 420 g/mol. The molecule has 1 aliphatic heterocycles. The fraction of sp³-hybridized carbons (Fsp3) is 0.476. The van der Waals surface area contributed by atoms with Gasteiger partial charge in [0.25, 0.3) is 0 Å². The van der Waals surface area contributed by atoms with E-state index in [9.17, 15) is 23.2 Å². The van der Waals surface area contributed by atoms with Crippen LogP contribution < -0.4 is 14.8 Å². The number of hydrogen-bond donors (Lipinski definition) is 1. The fourth-order valence-electron chi connectivity index (χ4n) is 4.73. The summed E-state index contributed by atoms with van der Waals surface area (Å²) in [6.45, 7) is -2.98. The Labute approximate surface area is 172 Å². The molecule has 1 N–H and O–H groups in total. The highest BCUT2D eigenvalue weighted by atomic mass is 19.3. The lowest BCUT2D eigenvalue weighted by atomic mass is 9.85. The molecule has 4 rings (SSSR count). The highest BCUT2D eigenvalue weighted by Crippen LogP contribution is 2.52. The second-order valence-electron chi connectivity index (χ2n) is 7.73. The van der Waals surface area contributed by atoms with Crippen molar-refractivity contribution in [2.24, 2.45) is 23.7 Å². The number of carbonyl (C=O) groups excluding carboxylic acids is 3. The van der Waals surface area contributed by atoms with Gasteiger partial charge in [-0.2, -0.15) is 8.78 Å². The van der Waals surface area contributed by atoms with E-state index in [0.29, 0.717) is 6.42 Å². The maximum atomic E-state index is 12.6. The molecule has 1 saturated heterocycles. The van der Waals surface area contributed by atoms with E-state index in [1.54, 1.807) is 12.1 Å². The molecule has 0 aromatic heterocycles. The van der Waals surface area contributed by atoms with Crippen LogP contribution in [0.3, 0.4) is 0 Å². The van der Waals surface area contributed by atoms with E-state index < -0.39 is 12.5 Å². The maximum absolute atomic E-state index is 12.6. The number of fused-ring (bicyclic) bond motifs is 5. The second-order valence-corrected chi connectivity index (χ2v) is 7.73. The zero-order valence-electron chi connectivity index (χ0n) is 16.3. The number of allylic oxidation sites excluding steroid dienone is 2. The van der Waals surface area contributed by atoms with Gasteiger partial charge in [0.05, 0.1) is 18.9 Å². The van der Waals surface area contributed by atoms with Crippen molar-refractivity contribution in [1.29, 1.82) is 0 Å². The van der Waals surface area contributed by atoms with Crippen LogP contribution >= 0.6 is 0 Å². The van der Waals surface area contributed by atoms with E-state index in [4.69, 9.17) is 4.74 Å². The molecule has 1 heterocycles. The molecule has 4 atom stereocenters. The van der Waals surface area contributed by atoms with E-state index in [1.807, 2.05) is 12.2 Å². The van der Waals surface area contributed by atoms with Gasteiger partial charge in [0.1, 0.15) is 6.54 Å². The molecule has 0 radical (unpaired) electrons. The molecule has 1 saturated carbocycles. The summed E-state index contributed by atoms with van der Waals surface area (Å²) < 4.78 is 34.2. The van der Waals surface area contributed by atoms with Crippen LogP contribution in [0.4, 0.5) is 8.78 Å². The fourth-order valence-corrected chi connectivity index (χ4v) is 4.73. The normalized spacial score (nSPS) is 26.5. The Hall–Kier alpha value is -2.97. The number of carbonyl (C=O) groups is 3. The molecule has 7 nitrogen and oxygen atoms in total. The Balaban J connectivity index is 1.29. The van der Waals surface area contributed by atoms with Crippen molar-refractivity contribution in [2.75, 3.05) is 20.2 Å². The summed E-state index contributed by atoms with van der Waals surface area (Å²) in [6.07, 6.45) is 5.27. The smallest absolute Gasteiger partial charge is 0.387 e. The zero-order valence-corrected chi connectivity index (χ0v) is 16.3. The summed E-state index contributed by atoms with van der Waals surface area (Å²) in [6, 6.07) is 4.54. The third-order valence-corrected chi connectivity index (χ3v) is 6.04. The number of nitrogens with zero attached hydrogens (tertiary/aromatic N) is 1. The van der Waals surface area contributed by atoms with Crippen molar-refractivity contribution in [3.05, 3.63) is 35.9 Å². The van der Waals surface area contributed by atoms with Gasteiger partial charge in [-0.15, -0.1) is 0 Å². The Morgan fingerprint density at radius 2 is 1.83 bits per heavy atom. The van der Waals surface area contributed by atoms with E-state index in [2.05, 4.69) is 10.1 Å². The van der Waals surface area contributed by atoms with E-state index in [0.717, 1.165) is 16.9 Å². The van der Waals surface area contributed by atoms with Crippen LogP contribution in [0.15, 0.2) is 30.4 Å². The third kappa shape index (κ3) is 3.64. The monoisotopic (exact) mass is 420 g/mol. The number of ether oxygens (including phenoxy) is 2. The van der Waals surface area contributed by atoms with Gasteiger partial charge in [0, 0.05) is 6.54 Å². The molecule has 9 heteroatoms. The molecular formula is C21H22F2N2O5. The summed E-state index contributed by atoms with van der Waals surface area (Å²) in [4.78, 5) is 38.6. The van der Waals surface area contributed by atoms with E-state index in [-0.39, 0.29) is 60.1 Å².